The van der Waals surface area contributed by atoms with Gasteiger partial charge in [-0.3, -0.25) is 9.59 Å². The van der Waals surface area contributed by atoms with E-state index < -0.39 is 5.67 Å². The third-order valence-corrected chi connectivity index (χ3v) is 6.16. The third-order valence-electron chi connectivity index (χ3n) is 5.29. The molecule has 1 aromatic rings. The lowest BCUT2D eigenvalue weighted by Gasteiger charge is -2.23. The molecule has 2 atom stereocenters. The normalized spacial score (nSPS) is 12.4. The van der Waals surface area contributed by atoms with Crippen LogP contribution in [0.15, 0.2) is 30.0 Å². The van der Waals surface area contributed by atoms with Crippen LogP contribution in [0.3, 0.4) is 0 Å². The second-order valence-electron chi connectivity index (χ2n) is 9.72. The molecule has 1 amide bonds. The van der Waals surface area contributed by atoms with E-state index in [0.29, 0.717) is 5.92 Å². The number of aldehydes is 2. The number of thiol groups is 2. The van der Waals surface area contributed by atoms with Gasteiger partial charge in [-0.25, -0.2) is 4.39 Å². The van der Waals surface area contributed by atoms with E-state index in [2.05, 4.69) is 78.1 Å². The summed E-state index contributed by atoms with van der Waals surface area (Å²) in [7, 11) is 5.68. The number of allylic oxidation sites excluding steroid dienone is 1. The molecule has 0 spiro atoms. The summed E-state index contributed by atoms with van der Waals surface area (Å²) in [5.74, 6) is 0.624. The number of nitrogens with one attached hydrogen (secondary N) is 3. The van der Waals surface area contributed by atoms with Crippen LogP contribution in [0.25, 0.3) is 4.91 Å². The Morgan fingerprint density at radius 3 is 1.75 bits per heavy atom. The predicted octanol–water partition coefficient (Wildman–Crippen LogP) is 5.56. The van der Waals surface area contributed by atoms with E-state index >= 15 is 0 Å². The molecule has 0 aliphatic carbocycles. The fourth-order valence-corrected chi connectivity index (χ4v) is 3.26. The van der Waals surface area contributed by atoms with Gasteiger partial charge in [-0.05, 0) is 85.1 Å². The molecule has 0 heterocycles. The van der Waals surface area contributed by atoms with Gasteiger partial charge < -0.3 is 26.5 Å². The Balaban J connectivity index is -0.000000267. The highest BCUT2D eigenvalue weighted by Gasteiger charge is 2.22. The molecule has 0 aliphatic heterocycles. The Bertz CT molecular complexity index is 794. The first-order valence-corrected chi connectivity index (χ1v) is 14.5. The molecule has 1 aromatic carbocycles. The molecule has 0 fully saturated rings. The SMILES string of the molecule is CC.CC(C)(F)C=O.CNC(C=O)C(C)(C)S.CNCCCCC(C)c1ccc(/C(S)=C(\C)NC)cc1.NC=O. The average Bonchev–Trinajstić information content (AvgIpc) is 2.92. The largest absolute Gasteiger partial charge is 0.391 e. The number of nitrogens with two attached hydrogens (primary N) is 1. The minimum Gasteiger partial charge on any atom is -0.391 e. The first-order chi connectivity index (χ1) is 18.6. The Morgan fingerprint density at radius 2 is 1.48 bits per heavy atom. The predicted molar refractivity (Wildman–Crippen MR) is 178 cm³/mol. The summed E-state index contributed by atoms with van der Waals surface area (Å²) in [6.45, 7) is 15.7. The number of amides is 1. The van der Waals surface area contributed by atoms with Gasteiger partial charge in [0, 0.05) is 22.4 Å². The van der Waals surface area contributed by atoms with E-state index in [4.69, 9.17) is 4.79 Å². The molecule has 0 bridgehead atoms. The molecule has 0 saturated heterocycles. The minimum atomic E-state index is -1.64. The molecule has 10 heteroatoms. The van der Waals surface area contributed by atoms with E-state index in [1.54, 1.807) is 7.05 Å². The number of rotatable bonds is 12. The summed E-state index contributed by atoms with van der Waals surface area (Å²) in [5.41, 5.74) is 6.22. The highest BCUT2D eigenvalue weighted by atomic mass is 32.1. The van der Waals surface area contributed by atoms with Gasteiger partial charge in [0.2, 0.25) is 6.41 Å². The number of likely N-dealkylation sites (N-methyl/N-ethyl adjacent to an activating group) is 1. The van der Waals surface area contributed by atoms with Crippen molar-refractivity contribution in [1.82, 2.24) is 16.0 Å². The van der Waals surface area contributed by atoms with Gasteiger partial charge >= 0.3 is 0 Å². The van der Waals surface area contributed by atoms with Crippen LogP contribution < -0.4 is 21.7 Å². The molecule has 2 unspecified atom stereocenters. The van der Waals surface area contributed by atoms with Gasteiger partial charge in [-0.1, -0.05) is 51.5 Å². The topological polar surface area (TPSA) is 113 Å². The number of primary amides is 1. The number of benzene rings is 1. The van der Waals surface area contributed by atoms with Crippen LogP contribution in [0.4, 0.5) is 4.39 Å². The fourth-order valence-electron chi connectivity index (χ4n) is 2.81. The van der Waals surface area contributed by atoms with E-state index in [1.165, 1.54) is 44.2 Å². The van der Waals surface area contributed by atoms with Crippen molar-refractivity contribution in [2.24, 2.45) is 5.73 Å². The van der Waals surface area contributed by atoms with Gasteiger partial charge in [0.05, 0.1) is 6.04 Å². The van der Waals surface area contributed by atoms with E-state index in [9.17, 15) is 14.0 Å². The number of carbonyl (C=O) groups excluding carboxylic acids is 3. The van der Waals surface area contributed by atoms with Crippen LogP contribution in [-0.2, 0) is 14.4 Å². The number of carbonyl (C=O) groups is 3. The van der Waals surface area contributed by atoms with Gasteiger partial charge in [-0.2, -0.15) is 12.6 Å². The summed E-state index contributed by atoms with van der Waals surface area (Å²) in [6, 6.07) is 8.64. The molecule has 0 aromatic heterocycles. The van der Waals surface area contributed by atoms with Crippen molar-refractivity contribution in [2.45, 2.75) is 97.0 Å². The number of halogens is 1. The first kappa shape index (κ1) is 45.1. The fraction of sp³-hybridized carbons (Fsp3) is 0.633. The minimum absolute atomic E-state index is 0.166. The van der Waals surface area contributed by atoms with Gasteiger partial charge in [0.25, 0.3) is 0 Å². The molecule has 5 N–H and O–H groups in total. The number of unbranched alkanes of at least 4 members (excludes halogenated alkanes) is 1. The van der Waals surface area contributed by atoms with Crippen molar-refractivity contribution in [3.05, 3.63) is 41.1 Å². The maximum atomic E-state index is 11.8. The molecule has 0 saturated carbocycles. The number of alkyl halides is 1. The molecular weight excluding hydrogens is 547 g/mol. The zero-order chi connectivity index (χ0) is 32.4. The van der Waals surface area contributed by atoms with E-state index in [1.807, 2.05) is 48.7 Å². The maximum Gasteiger partial charge on any atom is 0.204 e. The average molecular weight is 605 g/mol. The van der Waals surface area contributed by atoms with Gasteiger partial charge in [0.1, 0.15) is 6.29 Å². The second-order valence-corrected chi connectivity index (χ2v) is 11.3. The molecular formula is C30H57FN4O3S2. The van der Waals surface area contributed by atoms with Crippen molar-refractivity contribution >= 4 is 49.1 Å². The Labute approximate surface area is 254 Å². The van der Waals surface area contributed by atoms with Crippen molar-refractivity contribution < 1.29 is 18.8 Å². The zero-order valence-electron chi connectivity index (χ0n) is 26.6. The molecule has 7 nitrogen and oxygen atoms in total. The first-order valence-electron chi connectivity index (χ1n) is 13.6. The standard InChI is InChI=1S/C17H28N2S.C6H13NOS.C4H7FO.C2H6.CH3NO/c1-13(7-5-6-12-18-3)15-8-10-16(11-9-15)17(20)14(2)19-4;1-6(2,9)5(4-8)7-3;1-4(2,5)3-6;1-2;2-1-3/h8-11,13,18-20H,5-7,12H2,1-4H3;4-5,7,9H,1-3H3;3H,1-2H3;1-2H3;1H,(H2,2,3)/b17-14-;;;;. The molecule has 0 radical (unpaired) electrons. The van der Waals surface area contributed by atoms with Crippen molar-refractivity contribution in [3.8, 4) is 0 Å². The van der Waals surface area contributed by atoms with E-state index in [0.717, 1.165) is 23.4 Å². The second kappa shape index (κ2) is 27.3. The van der Waals surface area contributed by atoms with Crippen molar-refractivity contribution in [3.63, 3.8) is 0 Å². The Morgan fingerprint density at radius 1 is 1.02 bits per heavy atom. The lowest BCUT2D eigenvalue weighted by atomic mass is 9.94. The summed E-state index contributed by atoms with van der Waals surface area (Å²) in [6.07, 6.45) is 5.17. The van der Waals surface area contributed by atoms with Crippen LogP contribution in [0.1, 0.15) is 91.7 Å². The molecule has 40 heavy (non-hydrogen) atoms. The third kappa shape index (κ3) is 26.3. The highest BCUT2D eigenvalue weighted by molar-refractivity contribution is 7.90. The van der Waals surface area contributed by atoms with Crippen molar-refractivity contribution in [2.75, 3.05) is 27.7 Å². The summed E-state index contributed by atoms with van der Waals surface area (Å²) >= 11 is 8.79. The molecule has 0 aliphatic rings. The van der Waals surface area contributed by atoms with E-state index in [-0.39, 0.29) is 23.5 Å². The lowest BCUT2D eigenvalue weighted by Crippen LogP contribution is -2.42. The van der Waals surface area contributed by atoms with Crippen LogP contribution in [0.5, 0.6) is 0 Å². The Kier molecular flexibility index (Phi) is 30.8. The van der Waals surface area contributed by atoms with Gasteiger partial charge in [-0.15, -0.1) is 12.6 Å². The quantitative estimate of drug-likeness (QED) is 0.106. The van der Waals surface area contributed by atoms with Crippen LogP contribution >= 0.6 is 25.3 Å². The maximum absolute atomic E-state index is 11.8. The lowest BCUT2D eigenvalue weighted by molar-refractivity contribution is -0.116. The molecule has 234 valence electrons. The number of hydrogen-bond donors (Lipinski definition) is 6. The summed E-state index contributed by atoms with van der Waals surface area (Å²) in [4.78, 5) is 29.3. The van der Waals surface area contributed by atoms with Crippen LogP contribution in [0, 0.1) is 0 Å². The summed E-state index contributed by atoms with van der Waals surface area (Å²) in [5, 5.41) is 9.18. The zero-order valence-corrected chi connectivity index (χ0v) is 28.4. The highest BCUT2D eigenvalue weighted by Crippen LogP contribution is 2.26. The number of hydrogen-bond acceptors (Lipinski definition) is 8. The van der Waals surface area contributed by atoms with Crippen LogP contribution in [-0.4, -0.2) is 63.1 Å². The summed E-state index contributed by atoms with van der Waals surface area (Å²) < 4.78 is 11.5. The van der Waals surface area contributed by atoms with Gasteiger partial charge in [0.15, 0.2) is 12.0 Å². The monoisotopic (exact) mass is 604 g/mol. The van der Waals surface area contributed by atoms with Crippen molar-refractivity contribution in [1.29, 1.82) is 0 Å². The molecule has 1 rings (SSSR count). The Hall–Kier alpha value is -1.88. The smallest absolute Gasteiger partial charge is 0.204 e. The van der Waals surface area contributed by atoms with Crippen LogP contribution in [0.2, 0.25) is 0 Å².